The molecule has 0 bridgehead atoms. The number of rotatable bonds is 1. The zero-order chi connectivity index (χ0) is 14.3. The van der Waals surface area contributed by atoms with E-state index < -0.39 is 17.5 Å². The second-order valence-corrected chi connectivity index (χ2v) is 4.74. The van der Waals surface area contributed by atoms with Crippen molar-refractivity contribution in [1.82, 2.24) is 15.3 Å². The van der Waals surface area contributed by atoms with Crippen LogP contribution in [0.3, 0.4) is 0 Å². The number of benzene rings is 1. The first-order valence-corrected chi connectivity index (χ1v) is 6.28. The Morgan fingerprint density at radius 3 is 2.50 bits per heavy atom. The molecular weight excluding hydrogens is 267 g/mol. The second kappa shape index (κ2) is 4.86. The van der Waals surface area contributed by atoms with Gasteiger partial charge < -0.3 is 5.32 Å². The maximum Gasteiger partial charge on any atom is 0.194 e. The number of aromatic nitrogens is 2. The summed E-state index contributed by atoms with van der Waals surface area (Å²) in [6.07, 6.45) is 0.827. The quantitative estimate of drug-likeness (QED) is 0.815. The minimum atomic E-state index is -1.48. The van der Waals surface area contributed by atoms with Crippen molar-refractivity contribution in [3.05, 3.63) is 46.5 Å². The highest BCUT2D eigenvalue weighted by Crippen LogP contribution is 2.24. The first kappa shape index (κ1) is 13.1. The van der Waals surface area contributed by atoms with Crippen LogP contribution in [0.25, 0.3) is 11.4 Å². The second-order valence-electron chi connectivity index (χ2n) is 4.74. The molecule has 104 valence electrons. The molecule has 1 aliphatic rings. The van der Waals surface area contributed by atoms with E-state index in [1.54, 1.807) is 0 Å². The number of halogens is 3. The minimum Gasteiger partial charge on any atom is -0.311 e. The van der Waals surface area contributed by atoms with Crippen LogP contribution in [0.2, 0.25) is 0 Å². The van der Waals surface area contributed by atoms with Crippen LogP contribution in [0.5, 0.6) is 0 Å². The zero-order valence-electron chi connectivity index (χ0n) is 10.8. The van der Waals surface area contributed by atoms with Crippen molar-refractivity contribution >= 4 is 0 Å². The van der Waals surface area contributed by atoms with Crippen molar-refractivity contribution < 1.29 is 13.2 Å². The van der Waals surface area contributed by atoms with Gasteiger partial charge >= 0.3 is 0 Å². The van der Waals surface area contributed by atoms with Gasteiger partial charge in [-0.25, -0.2) is 23.1 Å². The molecule has 0 saturated heterocycles. The minimum absolute atomic E-state index is 0.137. The summed E-state index contributed by atoms with van der Waals surface area (Å²) in [6.45, 7) is 3.29. The van der Waals surface area contributed by atoms with Crippen molar-refractivity contribution in [2.24, 2.45) is 0 Å². The molecule has 0 saturated carbocycles. The number of aryl methyl sites for hydroxylation is 1. The summed E-state index contributed by atoms with van der Waals surface area (Å²) in [4.78, 5) is 8.60. The highest BCUT2D eigenvalue weighted by Gasteiger charge is 2.18. The first-order valence-electron chi connectivity index (χ1n) is 6.28. The van der Waals surface area contributed by atoms with Crippen LogP contribution in [-0.2, 0) is 13.0 Å². The number of hydrogen-bond acceptors (Lipinski definition) is 3. The Hall–Kier alpha value is -1.95. The topological polar surface area (TPSA) is 37.8 Å². The molecule has 0 atom stereocenters. The van der Waals surface area contributed by atoms with Gasteiger partial charge in [-0.05, 0) is 37.6 Å². The van der Waals surface area contributed by atoms with Crippen LogP contribution in [0.4, 0.5) is 13.2 Å². The number of hydrogen-bond donors (Lipinski definition) is 1. The Labute approximate surface area is 113 Å². The molecule has 1 aromatic heterocycles. The Morgan fingerprint density at radius 1 is 1.10 bits per heavy atom. The van der Waals surface area contributed by atoms with E-state index in [2.05, 4.69) is 15.3 Å². The predicted octanol–water partition coefficient (Wildman–Crippen LogP) is 2.52. The highest BCUT2D eigenvalue weighted by molar-refractivity contribution is 5.56. The van der Waals surface area contributed by atoms with Gasteiger partial charge in [0, 0.05) is 17.8 Å². The predicted molar refractivity (Wildman–Crippen MR) is 67.5 cm³/mol. The maximum atomic E-state index is 13.3. The number of fused-ring (bicyclic) bond motifs is 1. The van der Waals surface area contributed by atoms with Crippen molar-refractivity contribution in [3.63, 3.8) is 0 Å². The molecule has 2 heterocycles. The van der Waals surface area contributed by atoms with E-state index in [1.807, 2.05) is 6.92 Å². The lowest BCUT2D eigenvalue weighted by molar-refractivity contribution is 0.447. The highest BCUT2D eigenvalue weighted by atomic mass is 19.2. The first-order chi connectivity index (χ1) is 9.56. The van der Waals surface area contributed by atoms with Crippen LogP contribution >= 0.6 is 0 Å². The van der Waals surface area contributed by atoms with Crippen LogP contribution in [0, 0.1) is 24.4 Å². The Morgan fingerprint density at radius 2 is 1.80 bits per heavy atom. The molecule has 20 heavy (non-hydrogen) atoms. The summed E-state index contributed by atoms with van der Waals surface area (Å²) in [5, 5.41) is 3.18. The van der Waals surface area contributed by atoms with Crippen molar-refractivity contribution in [3.8, 4) is 11.4 Å². The molecule has 2 aromatic rings. The Balaban J connectivity index is 2.13. The van der Waals surface area contributed by atoms with Crippen molar-refractivity contribution in [2.75, 3.05) is 6.54 Å². The van der Waals surface area contributed by atoms with Gasteiger partial charge in [0.1, 0.15) is 0 Å². The lowest BCUT2D eigenvalue weighted by atomic mass is 10.0. The zero-order valence-corrected chi connectivity index (χ0v) is 10.8. The Kier molecular flexibility index (Phi) is 3.17. The average Bonchev–Trinajstić information content (AvgIpc) is 2.44. The van der Waals surface area contributed by atoms with E-state index in [4.69, 9.17) is 0 Å². The normalized spacial score (nSPS) is 14.2. The lowest BCUT2D eigenvalue weighted by Crippen LogP contribution is -2.26. The fourth-order valence-electron chi connectivity index (χ4n) is 2.36. The van der Waals surface area contributed by atoms with Crippen LogP contribution < -0.4 is 5.32 Å². The fourth-order valence-corrected chi connectivity index (χ4v) is 2.36. The number of nitrogens with zero attached hydrogens (tertiary/aromatic N) is 2. The van der Waals surface area contributed by atoms with Crippen LogP contribution in [0.1, 0.15) is 17.0 Å². The number of nitrogens with one attached hydrogen (secondary N) is 1. The summed E-state index contributed by atoms with van der Waals surface area (Å²) in [7, 11) is 0. The summed E-state index contributed by atoms with van der Waals surface area (Å²) < 4.78 is 39.5. The third-order valence-electron chi connectivity index (χ3n) is 3.39. The van der Waals surface area contributed by atoms with Gasteiger partial charge in [0.2, 0.25) is 0 Å². The SMILES string of the molecule is Cc1nc(-c2cc(F)c(F)c(F)c2)nc2c1CCNC2. The molecule has 3 nitrogen and oxygen atoms in total. The van der Waals surface area contributed by atoms with E-state index in [1.165, 1.54) is 0 Å². The average molecular weight is 279 g/mol. The molecule has 0 aliphatic carbocycles. The third-order valence-corrected chi connectivity index (χ3v) is 3.39. The van der Waals surface area contributed by atoms with E-state index in [9.17, 15) is 13.2 Å². The third kappa shape index (κ3) is 2.16. The summed E-state index contributed by atoms with van der Waals surface area (Å²) >= 11 is 0. The molecule has 1 N–H and O–H groups in total. The van der Waals surface area contributed by atoms with Gasteiger partial charge in [-0.2, -0.15) is 0 Å². The molecule has 1 aromatic carbocycles. The molecular formula is C14H12F3N3. The van der Waals surface area contributed by atoms with Gasteiger partial charge in [-0.15, -0.1) is 0 Å². The van der Waals surface area contributed by atoms with E-state index >= 15 is 0 Å². The molecule has 0 spiro atoms. The van der Waals surface area contributed by atoms with Gasteiger partial charge in [0.15, 0.2) is 23.3 Å². The van der Waals surface area contributed by atoms with E-state index in [0.29, 0.717) is 6.54 Å². The lowest BCUT2D eigenvalue weighted by Gasteiger charge is -2.18. The smallest absolute Gasteiger partial charge is 0.194 e. The molecule has 0 fully saturated rings. The van der Waals surface area contributed by atoms with Crippen LogP contribution in [0.15, 0.2) is 12.1 Å². The van der Waals surface area contributed by atoms with E-state index in [-0.39, 0.29) is 11.4 Å². The summed E-state index contributed by atoms with van der Waals surface area (Å²) in [5.41, 5.74) is 2.81. The molecule has 0 amide bonds. The van der Waals surface area contributed by atoms with Gasteiger partial charge in [0.25, 0.3) is 0 Å². The summed E-state index contributed by atoms with van der Waals surface area (Å²) in [5.74, 6) is -3.75. The summed E-state index contributed by atoms with van der Waals surface area (Å²) in [6, 6.07) is 1.83. The van der Waals surface area contributed by atoms with Gasteiger partial charge in [-0.1, -0.05) is 0 Å². The van der Waals surface area contributed by atoms with Crippen molar-refractivity contribution in [1.29, 1.82) is 0 Å². The molecule has 0 unspecified atom stereocenters. The standard InChI is InChI=1S/C14H12F3N3/c1-7-9-2-3-18-6-12(9)20-14(19-7)8-4-10(15)13(17)11(16)5-8/h4-5,18H,2-3,6H2,1H3. The fraction of sp³-hybridized carbons (Fsp3) is 0.286. The monoisotopic (exact) mass is 279 g/mol. The molecule has 0 radical (unpaired) electrons. The Bertz CT molecular complexity index is 663. The molecule has 3 rings (SSSR count). The molecule has 1 aliphatic heterocycles. The largest absolute Gasteiger partial charge is 0.311 e. The van der Waals surface area contributed by atoms with Crippen molar-refractivity contribution in [2.45, 2.75) is 19.9 Å². The van der Waals surface area contributed by atoms with Gasteiger partial charge in [0.05, 0.1) is 5.69 Å². The maximum absolute atomic E-state index is 13.3. The van der Waals surface area contributed by atoms with Crippen LogP contribution in [-0.4, -0.2) is 16.5 Å². The molecule has 6 heteroatoms. The van der Waals surface area contributed by atoms with E-state index in [0.717, 1.165) is 42.0 Å². The van der Waals surface area contributed by atoms with Gasteiger partial charge in [-0.3, -0.25) is 0 Å².